The van der Waals surface area contributed by atoms with Crippen LogP contribution in [0.25, 0.3) is 0 Å². The molecule has 0 aliphatic carbocycles. The van der Waals surface area contributed by atoms with Crippen LogP contribution in [0.15, 0.2) is 24.3 Å². The van der Waals surface area contributed by atoms with Gasteiger partial charge in [0, 0.05) is 13.1 Å². The number of rotatable bonds is 1. The molecule has 4 rings (SSSR count). The monoisotopic (exact) mass is 335 g/mol. The molecular weight excluding hydrogens is 323 g/mol. The molecule has 7 heteroatoms. The average molecular weight is 335 g/mol. The molecule has 124 valence electrons. The number of hydrogen-bond acceptors (Lipinski definition) is 3. The first-order chi connectivity index (χ1) is 11.5. The van der Waals surface area contributed by atoms with Gasteiger partial charge in [-0.15, -0.1) is 0 Å². The Hall–Kier alpha value is -2.70. The van der Waals surface area contributed by atoms with Crippen LogP contribution in [0, 0.1) is 17.5 Å². The number of carbonyl (C=O) groups excluding carboxylic acids is 1. The summed E-state index contributed by atoms with van der Waals surface area (Å²) in [6, 6.07) is 5.38. The fourth-order valence-electron chi connectivity index (χ4n) is 2.98. The number of fused-ring (bicyclic) bond motifs is 2. The Kier molecular flexibility index (Phi) is 3.37. The number of benzene rings is 2. The molecule has 0 radical (unpaired) electrons. The lowest BCUT2D eigenvalue weighted by Gasteiger charge is -2.29. The van der Waals surface area contributed by atoms with E-state index in [0.29, 0.717) is 24.5 Å². The zero-order chi connectivity index (χ0) is 16.8. The Morgan fingerprint density at radius 3 is 2.46 bits per heavy atom. The van der Waals surface area contributed by atoms with Crippen molar-refractivity contribution in [2.75, 3.05) is 13.3 Å². The summed E-state index contributed by atoms with van der Waals surface area (Å²) < 4.78 is 50.9. The highest BCUT2D eigenvalue weighted by Gasteiger charge is 2.28. The molecule has 2 aromatic rings. The molecule has 2 aromatic carbocycles. The average Bonchev–Trinajstić information content (AvgIpc) is 3.04. The van der Waals surface area contributed by atoms with E-state index in [1.54, 1.807) is 6.07 Å². The van der Waals surface area contributed by atoms with E-state index in [-0.39, 0.29) is 13.3 Å². The molecule has 0 aromatic heterocycles. The van der Waals surface area contributed by atoms with Crippen molar-refractivity contribution in [2.24, 2.45) is 0 Å². The molecule has 2 heterocycles. The Labute approximate surface area is 135 Å². The van der Waals surface area contributed by atoms with E-state index in [1.807, 2.05) is 6.07 Å². The van der Waals surface area contributed by atoms with Crippen molar-refractivity contribution in [3.05, 3.63) is 58.4 Å². The van der Waals surface area contributed by atoms with Gasteiger partial charge in [-0.25, -0.2) is 13.2 Å². The van der Waals surface area contributed by atoms with Crippen molar-refractivity contribution < 1.29 is 27.4 Å². The van der Waals surface area contributed by atoms with Crippen molar-refractivity contribution in [1.82, 2.24) is 4.90 Å². The number of ether oxygens (including phenoxy) is 2. The maximum atomic E-state index is 13.8. The fourth-order valence-corrected chi connectivity index (χ4v) is 2.98. The second-order valence-electron chi connectivity index (χ2n) is 5.67. The van der Waals surface area contributed by atoms with E-state index in [2.05, 4.69) is 0 Å². The third kappa shape index (κ3) is 2.28. The second kappa shape index (κ2) is 5.43. The molecule has 2 aliphatic heterocycles. The smallest absolute Gasteiger partial charge is 0.257 e. The van der Waals surface area contributed by atoms with Crippen LogP contribution < -0.4 is 9.47 Å². The highest BCUT2D eigenvalue weighted by molar-refractivity contribution is 5.94. The summed E-state index contributed by atoms with van der Waals surface area (Å²) in [5, 5.41) is 0. The lowest BCUT2D eigenvalue weighted by molar-refractivity contribution is 0.0728. The summed E-state index contributed by atoms with van der Waals surface area (Å²) in [6.07, 6.45) is 0.559. The van der Waals surface area contributed by atoms with Gasteiger partial charge in [-0.3, -0.25) is 4.79 Å². The van der Waals surface area contributed by atoms with Crippen LogP contribution in [0.5, 0.6) is 11.5 Å². The van der Waals surface area contributed by atoms with Crippen LogP contribution in [-0.2, 0) is 13.0 Å². The molecule has 0 saturated carbocycles. The second-order valence-corrected chi connectivity index (χ2v) is 5.67. The van der Waals surface area contributed by atoms with Gasteiger partial charge in [-0.05, 0) is 41.8 Å². The van der Waals surface area contributed by atoms with E-state index >= 15 is 0 Å². The van der Waals surface area contributed by atoms with E-state index in [4.69, 9.17) is 9.47 Å². The first kappa shape index (κ1) is 14.9. The zero-order valence-corrected chi connectivity index (χ0v) is 12.4. The summed E-state index contributed by atoms with van der Waals surface area (Å²) in [4.78, 5) is 13.9. The molecule has 24 heavy (non-hydrogen) atoms. The lowest BCUT2D eigenvalue weighted by Crippen LogP contribution is -2.36. The van der Waals surface area contributed by atoms with Crippen molar-refractivity contribution in [2.45, 2.75) is 13.0 Å². The zero-order valence-electron chi connectivity index (χ0n) is 12.4. The Morgan fingerprint density at radius 1 is 1.00 bits per heavy atom. The Bertz CT molecular complexity index is 853. The van der Waals surface area contributed by atoms with Crippen LogP contribution in [0.3, 0.4) is 0 Å². The maximum Gasteiger partial charge on any atom is 0.257 e. The summed E-state index contributed by atoms with van der Waals surface area (Å²) in [5.41, 5.74) is 1.41. The molecule has 0 fully saturated rings. The van der Waals surface area contributed by atoms with Crippen molar-refractivity contribution >= 4 is 5.91 Å². The molecule has 1 amide bonds. The van der Waals surface area contributed by atoms with Gasteiger partial charge >= 0.3 is 0 Å². The molecule has 4 nitrogen and oxygen atoms in total. The van der Waals surface area contributed by atoms with Gasteiger partial charge < -0.3 is 14.4 Å². The molecular formula is C17H12F3NO3. The molecule has 0 bridgehead atoms. The molecule has 0 saturated heterocycles. The lowest BCUT2D eigenvalue weighted by atomic mass is 9.98. The number of carbonyl (C=O) groups is 1. The largest absolute Gasteiger partial charge is 0.454 e. The first-order valence-corrected chi connectivity index (χ1v) is 7.39. The van der Waals surface area contributed by atoms with Crippen LogP contribution in [-0.4, -0.2) is 24.1 Å². The van der Waals surface area contributed by atoms with Gasteiger partial charge in [0.1, 0.15) is 0 Å². The van der Waals surface area contributed by atoms with Gasteiger partial charge in [-0.2, -0.15) is 0 Å². The highest BCUT2D eigenvalue weighted by atomic mass is 19.2. The van der Waals surface area contributed by atoms with E-state index in [9.17, 15) is 18.0 Å². The fraction of sp³-hybridized carbons (Fsp3) is 0.235. The summed E-state index contributed by atoms with van der Waals surface area (Å²) in [6.45, 7) is 0.744. The van der Waals surface area contributed by atoms with E-state index in [0.717, 1.165) is 23.3 Å². The highest BCUT2D eigenvalue weighted by Crippen LogP contribution is 2.37. The molecule has 0 atom stereocenters. The number of nitrogens with zero attached hydrogens (tertiary/aromatic N) is 1. The maximum absolute atomic E-state index is 13.8. The van der Waals surface area contributed by atoms with Crippen molar-refractivity contribution in [1.29, 1.82) is 0 Å². The minimum Gasteiger partial charge on any atom is -0.454 e. The summed E-state index contributed by atoms with van der Waals surface area (Å²) in [5.74, 6) is -3.82. The quantitative estimate of drug-likeness (QED) is 0.752. The number of amides is 1. The molecule has 2 aliphatic rings. The van der Waals surface area contributed by atoms with Crippen molar-refractivity contribution in [3.8, 4) is 11.5 Å². The third-order valence-electron chi connectivity index (χ3n) is 4.26. The standard InChI is InChI=1S/C17H12F3NO3/c18-12-2-1-11(15(19)16(12)20)17(22)21-4-3-9-5-13-14(24-8-23-13)6-10(9)7-21/h1-2,5-6H,3-4,7-8H2. The first-order valence-electron chi connectivity index (χ1n) is 7.39. The van der Waals surface area contributed by atoms with Gasteiger partial charge in [0.05, 0.1) is 5.56 Å². The Morgan fingerprint density at radius 2 is 1.71 bits per heavy atom. The molecule has 0 N–H and O–H groups in total. The number of hydrogen-bond donors (Lipinski definition) is 0. The third-order valence-corrected chi connectivity index (χ3v) is 4.26. The van der Waals surface area contributed by atoms with Gasteiger partial charge in [0.25, 0.3) is 5.91 Å². The van der Waals surface area contributed by atoms with Crippen LogP contribution in [0.1, 0.15) is 21.5 Å². The predicted molar refractivity (Wildman–Crippen MR) is 77.3 cm³/mol. The number of halogens is 3. The SMILES string of the molecule is O=C(c1ccc(F)c(F)c1F)N1CCc2cc3c(cc2C1)OCO3. The van der Waals surface area contributed by atoms with Crippen LogP contribution >= 0.6 is 0 Å². The van der Waals surface area contributed by atoms with E-state index in [1.165, 1.54) is 4.90 Å². The molecule has 0 unspecified atom stereocenters. The van der Waals surface area contributed by atoms with Crippen LogP contribution in [0.4, 0.5) is 13.2 Å². The van der Waals surface area contributed by atoms with E-state index < -0.39 is 28.9 Å². The van der Waals surface area contributed by atoms with Gasteiger partial charge in [0.15, 0.2) is 29.0 Å². The topological polar surface area (TPSA) is 38.8 Å². The minimum atomic E-state index is -1.64. The normalized spacial score (nSPS) is 15.4. The van der Waals surface area contributed by atoms with Gasteiger partial charge in [-0.1, -0.05) is 0 Å². The van der Waals surface area contributed by atoms with Gasteiger partial charge in [0.2, 0.25) is 6.79 Å². The summed E-state index contributed by atoms with van der Waals surface area (Å²) in [7, 11) is 0. The molecule has 0 spiro atoms. The Balaban J connectivity index is 1.63. The van der Waals surface area contributed by atoms with Crippen molar-refractivity contribution in [3.63, 3.8) is 0 Å². The predicted octanol–water partition coefficient (Wildman–Crippen LogP) is 3.03. The van der Waals surface area contributed by atoms with Crippen LogP contribution in [0.2, 0.25) is 0 Å². The summed E-state index contributed by atoms with van der Waals surface area (Å²) >= 11 is 0. The minimum absolute atomic E-state index is 0.154.